The number of hydrogen-bond donors (Lipinski definition) is 0. The maximum atomic E-state index is 13.1. The van der Waals surface area contributed by atoms with Gasteiger partial charge in [0.25, 0.3) is 0 Å². The molecular weight excluding hydrogens is 313 g/mol. The lowest BCUT2D eigenvalue weighted by atomic mass is 10.2. The zero-order valence-electron chi connectivity index (χ0n) is 10.9. The maximum Gasteiger partial charge on any atom is 0.320 e. The van der Waals surface area contributed by atoms with E-state index in [1.807, 2.05) is 4.90 Å². The van der Waals surface area contributed by atoms with Crippen molar-refractivity contribution in [1.29, 1.82) is 0 Å². The average molecular weight is 330 g/mol. The van der Waals surface area contributed by atoms with Crippen LogP contribution in [-0.4, -0.2) is 30.6 Å². The number of halogens is 2. The second kappa shape index (κ2) is 8.07. The van der Waals surface area contributed by atoms with Crippen molar-refractivity contribution in [2.24, 2.45) is 0 Å². The first-order chi connectivity index (χ1) is 9.06. The highest BCUT2D eigenvalue weighted by Gasteiger charge is 2.11. The van der Waals surface area contributed by atoms with Gasteiger partial charge >= 0.3 is 5.97 Å². The average Bonchev–Trinajstić information content (AvgIpc) is 2.34. The molecule has 0 unspecified atom stereocenters. The van der Waals surface area contributed by atoms with Crippen molar-refractivity contribution in [2.45, 2.75) is 13.5 Å². The number of carbonyl (C=O) groups excluding carboxylic acids is 1. The van der Waals surface area contributed by atoms with Gasteiger partial charge in [-0.25, -0.2) is 4.39 Å². The van der Waals surface area contributed by atoms with E-state index in [0.717, 1.165) is 5.56 Å². The minimum atomic E-state index is -0.301. The Kier molecular flexibility index (Phi) is 6.73. The van der Waals surface area contributed by atoms with E-state index in [0.29, 0.717) is 24.2 Å². The molecule has 0 aliphatic rings. The van der Waals surface area contributed by atoms with Crippen LogP contribution in [0.3, 0.4) is 0 Å². The molecule has 0 atom stereocenters. The van der Waals surface area contributed by atoms with Crippen LogP contribution in [0, 0.1) is 5.82 Å². The Morgan fingerprint density at radius 2 is 2.32 bits per heavy atom. The maximum absolute atomic E-state index is 13.1. The molecule has 0 radical (unpaired) electrons. The van der Waals surface area contributed by atoms with Gasteiger partial charge in [-0.1, -0.05) is 12.1 Å². The van der Waals surface area contributed by atoms with Gasteiger partial charge in [0, 0.05) is 13.1 Å². The van der Waals surface area contributed by atoms with Crippen molar-refractivity contribution in [3.63, 3.8) is 0 Å². The fraction of sp³-hybridized carbons (Fsp3) is 0.357. The lowest BCUT2D eigenvalue weighted by Gasteiger charge is -2.19. The van der Waals surface area contributed by atoms with Gasteiger partial charge in [-0.2, -0.15) is 0 Å². The Morgan fingerprint density at radius 3 is 2.89 bits per heavy atom. The van der Waals surface area contributed by atoms with Crippen molar-refractivity contribution in [3.05, 3.63) is 46.7 Å². The molecule has 0 fully saturated rings. The molecule has 1 aromatic rings. The topological polar surface area (TPSA) is 29.5 Å². The molecular formula is C14H17BrFNO2. The molecule has 0 N–H and O–H groups in total. The van der Waals surface area contributed by atoms with E-state index in [2.05, 4.69) is 22.5 Å². The predicted molar refractivity (Wildman–Crippen MR) is 76.2 cm³/mol. The normalized spacial score (nSPS) is 10.5. The van der Waals surface area contributed by atoms with Gasteiger partial charge < -0.3 is 4.74 Å². The van der Waals surface area contributed by atoms with E-state index in [-0.39, 0.29) is 18.3 Å². The molecule has 1 aromatic carbocycles. The predicted octanol–water partition coefficient (Wildman–Crippen LogP) is 3.14. The first-order valence-corrected chi connectivity index (χ1v) is 6.79. The van der Waals surface area contributed by atoms with Gasteiger partial charge in [-0.3, -0.25) is 9.69 Å². The molecule has 5 heteroatoms. The Morgan fingerprint density at radius 1 is 1.58 bits per heavy atom. The molecule has 0 bridgehead atoms. The summed E-state index contributed by atoms with van der Waals surface area (Å²) in [5.74, 6) is -0.574. The number of carbonyl (C=O) groups is 1. The molecule has 0 amide bonds. The summed E-state index contributed by atoms with van der Waals surface area (Å²) in [7, 11) is 0. The van der Waals surface area contributed by atoms with Gasteiger partial charge in [0.15, 0.2) is 0 Å². The summed E-state index contributed by atoms with van der Waals surface area (Å²) in [5.41, 5.74) is 0.916. The standard InChI is InChI=1S/C14H17BrFNO2/c1-3-7-17(10-14(18)19-4-2)9-11-5-6-13(16)12(15)8-11/h3,5-6,8H,1,4,7,9-10H2,2H3. The second-order valence-electron chi connectivity index (χ2n) is 4.01. The minimum absolute atomic E-state index is 0.189. The molecule has 3 nitrogen and oxygen atoms in total. The molecule has 19 heavy (non-hydrogen) atoms. The molecule has 0 spiro atoms. The molecule has 0 aliphatic carbocycles. The summed E-state index contributed by atoms with van der Waals surface area (Å²) in [4.78, 5) is 13.4. The summed E-state index contributed by atoms with van der Waals surface area (Å²) in [6.07, 6.45) is 1.72. The van der Waals surface area contributed by atoms with Crippen LogP contribution < -0.4 is 0 Å². The SMILES string of the molecule is C=CCN(CC(=O)OCC)Cc1ccc(F)c(Br)c1. The van der Waals surface area contributed by atoms with Gasteiger partial charge in [0.2, 0.25) is 0 Å². The van der Waals surface area contributed by atoms with Crippen molar-refractivity contribution >= 4 is 21.9 Å². The third-order valence-electron chi connectivity index (χ3n) is 2.44. The van der Waals surface area contributed by atoms with Crippen LogP contribution in [0.5, 0.6) is 0 Å². The number of nitrogens with zero attached hydrogens (tertiary/aromatic N) is 1. The van der Waals surface area contributed by atoms with Gasteiger partial charge in [-0.05, 0) is 40.5 Å². The summed E-state index contributed by atoms with van der Waals surface area (Å²) in [6.45, 7) is 7.08. The molecule has 1 rings (SSSR count). The summed E-state index contributed by atoms with van der Waals surface area (Å²) in [6, 6.07) is 4.80. The summed E-state index contributed by atoms with van der Waals surface area (Å²) in [5, 5.41) is 0. The van der Waals surface area contributed by atoms with E-state index in [1.54, 1.807) is 25.1 Å². The van der Waals surface area contributed by atoms with Crippen LogP contribution in [0.4, 0.5) is 4.39 Å². The van der Waals surface area contributed by atoms with Crippen molar-refractivity contribution in [2.75, 3.05) is 19.7 Å². The van der Waals surface area contributed by atoms with E-state index < -0.39 is 0 Å². The van der Waals surface area contributed by atoms with Crippen molar-refractivity contribution in [3.8, 4) is 0 Å². The third kappa shape index (κ3) is 5.53. The number of esters is 1. The Labute approximate surface area is 121 Å². The third-order valence-corrected chi connectivity index (χ3v) is 3.04. The van der Waals surface area contributed by atoms with Crippen molar-refractivity contribution in [1.82, 2.24) is 4.90 Å². The largest absolute Gasteiger partial charge is 0.465 e. The first kappa shape index (κ1) is 15.9. The fourth-order valence-corrected chi connectivity index (χ4v) is 2.08. The number of hydrogen-bond acceptors (Lipinski definition) is 3. The molecule has 0 saturated heterocycles. The fourth-order valence-electron chi connectivity index (χ4n) is 1.65. The number of ether oxygens (including phenoxy) is 1. The van der Waals surface area contributed by atoms with E-state index >= 15 is 0 Å². The summed E-state index contributed by atoms with van der Waals surface area (Å²) < 4.78 is 18.5. The Balaban J connectivity index is 2.68. The quantitative estimate of drug-likeness (QED) is 0.568. The van der Waals surface area contributed by atoms with E-state index in [9.17, 15) is 9.18 Å². The zero-order chi connectivity index (χ0) is 14.3. The molecule has 0 heterocycles. The van der Waals surface area contributed by atoms with Crippen LogP contribution in [0.2, 0.25) is 0 Å². The zero-order valence-corrected chi connectivity index (χ0v) is 12.5. The lowest BCUT2D eigenvalue weighted by molar-refractivity contribution is -0.144. The number of rotatable bonds is 7. The first-order valence-electron chi connectivity index (χ1n) is 5.99. The lowest BCUT2D eigenvalue weighted by Crippen LogP contribution is -2.30. The summed E-state index contributed by atoms with van der Waals surface area (Å²) >= 11 is 3.15. The second-order valence-corrected chi connectivity index (χ2v) is 4.87. The van der Waals surface area contributed by atoms with E-state index in [4.69, 9.17) is 4.74 Å². The Hall–Kier alpha value is -1.20. The highest BCUT2D eigenvalue weighted by molar-refractivity contribution is 9.10. The van der Waals surface area contributed by atoms with Crippen LogP contribution >= 0.6 is 15.9 Å². The van der Waals surface area contributed by atoms with Gasteiger partial charge in [-0.15, -0.1) is 6.58 Å². The van der Waals surface area contributed by atoms with Crippen LogP contribution in [0.15, 0.2) is 35.3 Å². The van der Waals surface area contributed by atoms with E-state index in [1.165, 1.54) is 6.07 Å². The molecule has 0 saturated carbocycles. The highest BCUT2D eigenvalue weighted by atomic mass is 79.9. The minimum Gasteiger partial charge on any atom is -0.465 e. The van der Waals surface area contributed by atoms with Crippen LogP contribution in [0.25, 0.3) is 0 Å². The molecule has 0 aromatic heterocycles. The molecule has 0 aliphatic heterocycles. The number of benzene rings is 1. The van der Waals surface area contributed by atoms with Gasteiger partial charge in [0.05, 0.1) is 17.6 Å². The molecule has 104 valence electrons. The monoisotopic (exact) mass is 329 g/mol. The van der Waals surface area contributed by atoms with Crippen LogP contribution in [-0.2, 0) is 16.1 Å². The Bertz CT molecular complexity index is 451. The smallest absolute Gasteiger partial charge is 0.320 e. The highest BCUT2D eigenvalue weighted by Crippen LogP contribution is 2.18. The van der Waals surface area contributed by atoms with Crippen molar-refractivity contribution < 1.29 is 13.9 Å². The van der Waals surface area contributed by atoms with Crippen LogP contribution in [0.1, 0.15) is 12.5 Å². The van der Waals surface area contributed by atoms with Gasteiger partial charge in [0.1, 0.15) is 5.82 Å².